The molecular formula is C10H17NOS. The maximum absolute atomic E-state index is 10.8. The van der Waals surface area contributed by atoms with Crippen LogP contribution in [0.4, 0.5) is 0 Å². The van der Waals surface area contributed by atoms with Crippen LogP contribution in [0.1, 0.15) is 45.4 Å². The van der Waals surface area contributed by atoms with E-state index in [9.17, 15) is 4.79 Å². The molecule has 0 amide bonds. The highest BCUT2D eigenvalue weighted by Gasteiger charge is 2.14. The topological polar surface area (TPSA) is 29.1 Å². The van der Waals surface area contributed by atoms with Crippen molar-refractivity contribution in [3.63, 3.8) is 0 Å². The van der Waals surface area contributed by atoms with Crippen LogP contribution in [0.3, 0.4) is 0 Å². The van der Waals surface area contributed by atoms with Crippen LogP contribution in [-0.4, -0.2) is 16.8 Å². The molecule has 1 aliphatic carbocycles. The Labute approximate surface area is 85.1 Å². The molecule has 0 saturated heterocycles. The fourth-order valence-corrected chi connectivity index (χ4v) is 2.12. The van der Waals surface area contributed by atoms with Gasteiger partial charge in [-0.2, -0.15) is 0 Å². The molecule has 1 N–H and O–H groups in total. The molecule has 3 heteroatoms. The van der Waals surface area contributed by atoms with E-state index >= 15 is 0 Å². The quantitative estimate of drug-likeness (QED) is 0.707. The Morgan fingerprint density at radius 3 is 2.54 bits per heavy atom. The SMILES string of the molecule is CC(=O)CC(=S)NC1CCCCC1. The number of hydrogen-bond acceptors (Lipinski definition) is 2. The van der Waals surface area contributed by atoms with E-state index in [1.54, 1.807) is 6.92 Å². The molecule has 1 rings (SSSR count). The molecule has 1 aliphatic rings. The first-order valence-corrected chi connectivity index (χ1v) is 5.38. The molecule has 2 nitrogen and oxygen atoms in total. The molecule has 0 spiro atoms. The van der Waals surface area contributed by atoms with Crippen molar-refractivity contribution in [2.75, 3.05) is 0 Å². The number of carbonyl (C=O) groups excluding carboxylic acids is 1. The van der Waals surface area contributed by atoms with Gasteiger partial charge in [0.25, 0.3) is 0 Å². The minimum absolute atomic E-state index is 0.147. The summed E-state index contributed by atoms with van der Waals surface area (Å²) in [6, 6.07) is 0.528. The summed E-state index contributed by atoms with van der Waals surface area (Å²) in [4.78, 5) is 11.5. The van der Waals surface area contributed by atoms with Gasteiger partial charge in [0.15, 0.2) is 0 Å². The molecular weight excluding hydrogens is 182 g/mol. The van der Waals surface area contributed by atoms with Crippen LogP contribution in [0.5, 0.6) is 0 Å². The smallest absolute Gasteiger partial charge is 0.136 e. The second kappa shape index (κ2) is 5.32. The Bertz CT molecular complexity index is 197. The number of ketones is 1. The minimum Gasteiger partial charge on any atom is -0.377 e. The summed E-state index contributed by atoms with van der Waals surface area (Å²) in [5.41, 5.74) is 0. The van der Waals surface area contributed by atoms with Gasteiger partial charge in [-0.05, 0) is 19.8 Å². The Balaban J connectivity index is 2.22. The van der Waals surface area contributed by atoms with E-state index in [1.165, 1.54) is 32.1 Å². The van der Waals surface area contributed by atoms with Crippen molar-refractivity contribution in [3.05, 3.63) is 0 Å². The van der Waals surface area contributed by atoms with Crippen LogP contribution in [0.15, 0.2) is 0 Å². The van der Waals surface area contributed by atoms with Gasteiger partial charge in [0, 0.05) is 6.04 Å². The fourth-order valence-electron chi connectivity index (χ4n) is 1.75. The van der Waals surface area contributed by atoms with Crippen molar-refractivity contribution < 1.29 is 4.79 Å². The number of nitrogens with one attached hydrogen (secondary N) is 1. The molecule has 0 atom stereocenters. The number of rotatable bonds is 3. The summed E-state index contributed by atoms with van der Waals surface area (Å²) in [5.74, 6) is 0.147. The molecule has 0 aromatic carbocycles. The van der Waals surface area contributed by atoms with Crippen LogP contribution < -0.4 is 5.32 Å². The van der Waals surface area contributed by atoms with Crippen LogP contribution in [0.2, 0.25) is 0 Å². The summed E-state index contributed by atoms with van der Waals surface area (Å²) in [6.45, 7) is 1.58. The summed E-state index contributed by atoms with van der Waals surface area (Å²) < 4.78 is 0. The van der Waals surface area contributed by atoms with Crippen molar-refractivity contribution in [2.45, 2.75) is 51.5 Å². The van der Waals surface area contributed by atoms with Crippen molar-refractivity contribution in [2.24, 2.45) is 0 Å². The molecule has 0 heterocycles. The Morgan fingerprint density at radius 1 is 1.38 bits per heavy atom. The second-order valence-corrected chi connectivity index (χ2v) is 4.27. The molecule has 0 aromatic heterocycles. The number of Topliss-reactive ketones (excluding diaryl/α,β-unsaturated/α-hetero) is 1. The highest BCUT2D eigenvalue weighted by molar-refractivity contribution is 7.80. The summed E-state index contributed by atoms with van der Waals surface area (Å²) >= 11 is 5.08. The average Bonchev–Trinajstić information content (AvgIpc) is 2.04. The third kappa shape index (κ3) is 4.36. The molecule has 74 valence electrons. The summed E-state index contributed by atoms with van der Waals surface area (Å²) in [7, 11) is 0. The minimum atomic E-state index is 0.147. The molecule has 1 saturated carbocycles. The van der Waals surface area contributed by atoms with Crippen molar-refractivity contribution in [3.8, 4) is 0 Å². The molecule has 0 radical (unpaired) electrons. The molecule has 0 aliphatic heterocycles. The van der Waals surface area contributed by atoms with E-state index in [0.717, 1.165) is 4.99 Å². The molecule has 0 unspecified atom stereocenters. The van der Waals surface area contributed by atoms with Crippen LogP contribution in [0.25, 0.3) is 0 Å². The van der Waals surface area contributed by atoms with Gasteiger partial charge in [-0.25, -0.2) is 0 Å². The lowest BCUT2D eigenvalue weighted by molar-refractivity contribution is -0.115. The van der Waals surface area contributed by atoms with E-state index < -0.39 is 0 Å². The van der Waals surface area contributed by atoms with Gasteiger partial charge in [-0.15, -0.1) is 0 Å². The molecule has 0 aromatic rings. The van der Waals surface area contributed by atoms with E-state index in [4.69, 9.17) is 12.2 Å². The zero-order valence-corrected chi connectivity index (χ0v) is 8.95. The standard InChI is InChI=1S/C10H17NOS/c1-8(12)7-10(13)11-9-5-3-2-4-6-9/h9H,2-7H2,1H3,(H,11,13). The van der Waals surface area contributed by atoms with Crippen LogP contribution in [0, 0.1) is 0 Å². The van der Waals surface area contributed by atoms with Crippen molar-refractivity contribution in [1.29, 1.82) is 0 Å². The second-order valence-electron chi connectivity index (χ2n) is 3.78. The maximum atomic E-state index is 10.8. The molecule has 1 fully saturated rings. The van der Waals surface area contributed by atoms with Crippen LogP contribution >= 0.6 is 12.2 Å². The third-order valence-electron chi connectivity index (χ3n) is 2.38. The third-order valence-corrected chi connectivity index (χ3v) is 2.64. The first kappa shape index (κ1) is 10.6. The average molecular weight is 199 g/mol. The van der Waals surface area contributed by atoms with Gasteiger partial charge in [-0.1, -0.05) is 31.5 Å². The first-order chi connectivity index (χ1) is 6.18. The first-order valence-electron chi connectivity index (χ1n) is 4.97. The number of hydrogen-bond donors (Lipinski definition) is 1. The van der Waals surface area contributed by atoms with Gasteiger partial charge >= 0.3 is 0 Å². The summed E-state index contributed by atoms with van der Waals surface area (Å²) in [6.07, 6.45) is 6.75. The Hall–Kier alpha value is -0.440. The zero-order chi connectivity index (χ0) is 9.68. The van der Waals surface area contributed by atoms with Gasteiger partial charge in [0.2, 0.25) is 0 Å². The summed E-state index contributed by atoms with van der Waals surface area (Å²) in [5, 5.41) is 3.26. The van der Waals surface area contributed by atoms with Gasteiger partial charge < -0.3 is 5.32 Å². The van der Waals surface area contributed by atoms with Gasteiger partial charge in [-0.3, -0.25) is 4.79 Å². The zero-order valence-electron chi connectivity index (χ0n) is 8.14. The Morgan fingerprint density at radius 2 is 2.00 bits per heavy atom. The monoisotopic (exact) mass is 199 g/mol. The lowest BCUT2D eigenvalue weighted by Crippen LogP contribution is -2.35. The normalized spacial score (nSPS) is 18.2. The maximum Gasteiger partial charge on any atom is 0.136 e. The van der Waals surface area contributed by atoms with Crippen molar-refractivity contribution >= 4 is 23.0 Å². The predicted molar refractivity (Wildman–Crippen MR) is 57.9 cm³/mol. The van der Waals surface area contributed by atoms with E-state index in [1.807, 2.05) is 0 Å². The lowest BCUT2D eigenvalue weighted by Gasteiger charge is -2.23. The largest absolute Gasteiger partial charge is 0.377 e. The van der Waals surface area contributed by atoms with Crippen molar-refractivity contribution in [1.82, 2.24) is 5.32 Å². The highest BCUT2D eigenvalue weighted by Crippen LogP contribution is 2.17. The Kier molecular flexibility index (Phi) is 4.36. The predicted octanol–water partition coefficient (Wildman–Crippen LogP) is 2.22. The lowest BCUT2D eigenvalue weighted by atomic mass is 9.95. The fraction of sp³-hybridized carbons (Fsp3) is 0.800. The highest BCUT2D eigenvalue weighted by atomic mass is 32.1. The number of carbonyl (C=O) groups is 1. The van der Waals surface area contributed by atoms with E-state index in [0.29, 0.717) is 12.5 Å². The van der Waals surface area contributed by atoms with Crippen LogP contribution in [-0.2, 0) is 4.79 Å². The van der Waals surface area contributed by atoms with E-state index in [2.05, 4.69) is 5.32 Å². The van der Waals surface area contributed by atoms with E-state index in [-0.39, 0.29) is 5.78 Å². The molecule has 13 heavy (non-hydrogen) atoms. The van der Waals surface area contributed by atoms with Gasteiger partial charge in [0.1, 0.15) is 5.78 Å². The number of thiocarbonyl (C=S) groups is 1. The van der Waals surface area contributed by atoms with Gasteiger partial charge in [0.05, 0.1) is 11.4 Å². The molecule has 0 bridgehead atoms.